The number of benzene rings is 1. The molecule has 2 aromatic heterocycles. The van der Waals surface area contributed by atoms with E-state index >= 15 is 0 Å². The zero-order valence-corrected chi connectivity index (χ0v) is 23.7. The molecule has 1 amide bonds. The molecule has 3 aromatic rings. The van der Waals surface area contributed by atoms with Gasteiger partial charge >= 0.3 is 0 Å². The molecule has 7 nitrogen and oxygen atoms in total. The van der Waals surface area contributed by atoms with Crippen LogP contribution >= 0.6 is 34.3 Å². The highest BCUT2D eigenvalue weighted by Crippen LogP contribution is 2.35. The number of aromatic nitrogens is 1. The van der Waals surface area contributed by atoms with E-state index in [9.17, 15) is 13.2 Å². The third kappa shape index (κ3) is 5.42. The van der Waals surface area contributed by atoms with Crippen molar-refractivity contribution in [3.63, 3.8) is 0 Å². The maximum Gasteiger partial charge on any atom is 0.253 e. The number of anilines is 1. The van der Waals surface area contributed by atoms with E-state index in [0.29, 0.717) is 41.9 Å². The van der Waals surface area contributed by atoms with Gasteiger partial charge in [-0.15, -0.1) is 11.3 Å². The minimum Gasteiger partial charge on any atom is -0.302 e. The van der Waals surface area contributed by atoms with Crippen LogP contribution in [0.15, 0.2) is 28.5 Å². The third-order valence-corrected chi connectivity index (χ3v) is 11.3. The van der Waals surface area contributed by atoms with Crippen LogP contribution in [0.3, 0.4) is 0 Å². The first-order valence-electron chi connectivity index (χ1n) is 11.8. The second-order valence-electron chi connectivity index (χ2n) is 8.75. The predicted molar refractivity (Wildman–Crippen MR) is 145 cm³/mol. The second-order valence-corrected chi connectivity index (χ2v) is 13.6. The molecular weight excluding hydrogens is 524 g/mol. The Bertz CT molecular complexity index is 1280. The van der Waals surface area contributed by atoms with Crippen LogP contribution in [0.2, 0.25) is 4.34 Å². The smallest absolute Gasteiger partial charge is 0.253 e. The highest BCUT2D eigenvalue weighted by atomic mass is 35.5. The van der Waals surface area contributed by atoms with Gasteiger partial charge in [-0.05, 0) is 75.2 Å². The van der Waals surface area contributed by atoms with E-state index in [1.54, 1.807) is 11.0 Å². The largest absolute Gasteiger partial charge is 0.302 e. The molecule has 0 N–H and O–H groups in total. The van der Waals surface area contributed by atoms with Gasteiger partial charge in [0, 0.05) is 19.6 Å². The Hall–Kier alpha value is -1.56. The Kier molecular flexibility index (Phi) is 8.19. The lowest BCUT2D eigenvalue weighted by Gasteiger charge is -2.29. The summed E-state index contributed by atoms with van der Waals surface area (Å²) in [5, 5.41) is 0.616. The highest BCUT2D eigenvalue weighted by molar-refractivity contribution is 7.91. The number of nitrogens with zero attached hydrogens (tertiary/aromatic N) is 4. The Morgan fingerprint density at radius 1 is 1.14 bits per heavy atom. The quantitative estimate of drug-likeness (QED) is 0.365. The summed E-state index contributed by atoms with van der Waals surface area (Å²) in [6.45, 7) is 11.5. The van der Waals surface area contributed by atoms with Crippen LogP contribution in [-0.4, -0.2) is 67.3 Å². The lowest BCUT2D eigenvalue weighted by atomic mass is 10.1. The minimum absolute atomic E-state index is 0.169. The number of rotatable bonds is 9. The van der Waals surface area contributed by atoms with Crippen LogP contribution in [-0.2, 0) is 14.8 Å². The molecule has 11 heteroatoms. The molecule has 0 aliphatic carbocycles. The van der Waals surface area contributed by atoms with Gasteiger partial charge in [-0.3, -0.25) is 9.69 Å². The first kappa shape index (κ1) is 26.5. The first-order valence-corrected chi connectivity index (χ1v) is 15.3. The second kappa shape index (κ2) is 10.8. The zero-order chi connectivity index (χ0) is 25.3. The lowest BCUT2D eigenvalue weighted by Crippen LogP contribution is -2.49. The minimum atomic E-state index is -3.81. The van der Waals surface area contributed by atoms with Crippen LogP contribution in [0.25, 0.3) is 10.2 Å². The highest BCUT2D eigenvalue weighted by Gasteiger charge is 2.42. The molecule has 4 rings (SSSR count). The molecule has 1 aliphatic rings. The number of halogens is 1. The van der Waals surface area contributed by atoms with Crippen molar-refractivity contribution < 1.29 is 13.2 Å². The number of carbonyl (C=O) groups excluding carboxylic acids is 1. The number of sulfonamides is 1. The van der Waals surface area contributed by atoms with E-state index < -0.39 is 16.1 Å². The Labute approximate surface area is 220 Å². The molecule has 0 radical (unpaired) electrons. The number of thiazole rings is 1. The normalized spacial score (nSPS) is 17.0. The Morgan fingerprint density at radius 3 is 2.51 bits per heavy atom. The van der Waals surface area contributed by atoms with E-state index in [0.717, 1.165) is 40.2 Å². The van der Waals surface area contributed by atoms with Gasteiger partial charge in [-0.2, -0.15) is 4.31 Å². The van der Waals surface area contributed by atoms with Gasteiger partial charge in [0.25, 0.3) is 10.0 Å². The summed E-state index contributed by atoms with van der Waals surface area (Å²) in [7, 11) is -3.81. The molecule has 1 unspecified atom stereocenters. The van der Waals surface area contributed by atoms with Crippen molar-refractivity contribution >= 4 is 65.6 Å². The lowest BCUT2D eigenvalue weighted by molar-refractivity contribution is -0.121. The molecule has 0 bridgehead atoms. The van der Waals surface area contributed by atoms with Crippen LogP contribution in [0.1, 0.15) is 37.8 Å². The Morgan fingerprint density at radius 2 is 1.86 bits per heavy atom. The molecule has 1 saturated heterocycles. The number of amides is 1. The summed E-state index contributed by atoms with van der Waals surface area (Å²) in [6.07, 6.45) is 1.12. The summed E-state index contributed by atoms with van der Waals surface area (Å²) in [4.78, 5) is 22.7. The molecule has 190 valence electrons. The number of thiophene rings is 1. The van der Waals surface area contributed by atoms with E-state index in [1.165, 1.54) is 27.3 Å². The van der Waals surface area contributed by atoms with Crippen molar-refractivity contribution in [3.8, 4) is 0 Å². The van der Waals surface area contributed by atoms with Gasteiger partial charge in [-0.25, -0.2) is 13.4 Å². The molecule has 1 aliphatic heterocycles. The van der Waals surface area contributed by atoms with Crippen LogP contribution in [0, 0.1) is 13.8 Å². The summed E-state index contributed by atoms with van der Waals surface area (Å²) in [5.41, 5.74) is 3.19. The van der Waals surface area contributed by atoms with Gasteiger partial charge in [0.15, 0.2) is 5.13 Å². The summed E-state index contributed by atoms with van der Waals surface area (Å²) >= 11 is 8.51. The van der Waals surface area contributed by atoms with Gasteiger partial charge in [0.05, 0.1) is 14.6 Å². The molecule has 35 heavy (non-hydrogen) atoms. The van der Waals surface area contributed by atoms with Gasteiger partial charge in [-0.1, -0.05) is 36.8 Å². The van der Waals surface area contributed by atoms with Crippen LogP contribution in [0.4, 0.5) is 5.13 Å². The monoisotopic (exact) mass is 554 g/mol. The van der Waals surface area contributed by atoms with Crippen molar-refractivity contribution in [2.45, 2.75) is 50.8 Å². The molecular formula is C24H31ClN4O3S3. The first-order chi connectivity index (χ1) is 16.6. The van der Waals surface area contributed by atoms with Gasteiger partial charge < -0.3 is 4.90 Å². The van der Waals surface area contributed by atoms with Crippen LogP contribution in [0.5, 0.6) is 0 Å². The average molecular weight is 555 g/mol. The number of fused-ring (bicyclic) bond motifs is 1. The standard InChI is InChI=1S/C24H31ClN4O3S3/c1-5-27(6-2)12-13-28(24-26-18-14-16(3)17(4)15-20(18)33-24)23(30)19-8-7-11-29(19)35(31,32)22-10-9-21(25)34-22/h9-10,14-15,19H,5-8,11-13H2,1-4H3. The molecule has 0 spiro atoms. The fourth-order valence-corrected chi connectivity index (χ4v) is 8.71. The third-order valence-electron chi connectivity index (χ3n) is 6.62. The van der Waals surface area contributed by atoms with Crippen molar-refractivity contribution in [1.82, 2.24) is 14.2 Å². The fourth-order valence-electron chi connectivity index (χ4n) is 4.37. The number of hydrogen-bond acceptors (Lipinski definition) is 7. The molecule has 0 saturated carbocycles. The van der Waals surface area contributed by atoms with E-state index in [1.807, 2.05) is 6.07 Å². The zero-order valence-electron chi connectivity index (χ0n) is 20.5. The maximum absolute atomic E-state index is 14.0. The topological polar surface area (TPSA) is 73.8 Å². The SMILES string of the molecule is CCN(CC)CCN(C(=O)C1CCCN1S(=O)(=O)c1ccc(Cl)s1)c1nc2cc(C)c(C)cc2s1. The fraction of sp³-hybridized carbons (Fsp3) is 0.500. The van der Waals surface area contributed by atoms with Gasteiger partial charge in [0.2, 0.25) is 5.91 Å². The number of hydrogen-bond donors (Lipinski definition) is 0. The average Bonchev–Trinajstić information content (AvgIpc) is 3.57. The molecule has 1 fully saturated rings. The molecule has 1 aromatic carbocycles. The molecule has 1 atom stereocenters. The van der Waals surface area contributed by atoms with Crippen molar-refractivity contribution in [2.24, 2.45) is 0 Å². The van der Waals surface area contributed by atoms with Crippen LogP contribution < -0.4 is 4.90 Å². The van der Waals surface area contributed by atoms with Gasteiger partial charge in [0.1, 0.15) is 10.3 Å². The van der Waals surface area contributed by atoms with Crippen molar-refractivity contribution in [1.29, 1.82) is 0 Å². The summed E-state index contributed by atoms with van der Waals surface area (Å²) < 4.78 is 29.7. The predicted octanol–water partition coefficient (Wildman–Crippen LogP) is 5.16. The van der Waals surface area contributed by atoms with Crippen molar-refractivity contribution in [2.75, 3.05) is 37.6 Å². The van der Waals surface area contributed by atoms with E-state index in [4.69, 9.17) is 16.6 Å². The van der Waals surface area contributed by atoms with E-state index in [-0.39, 0.29) is 10.1 Å². The van der Waals surface area contributed by atoms with E-state index in [2.05, 4.69) is 38.7 Å². The molecule has 3 heterocycles. The maximum atomic E-state index is 14.0. The summed E-state index contributed by atoms with van der Waals surface area (Å²) in [5.74, 6) is -0.214. The number of aryl methyl sites for hydroxylation is 2. The van der Waals surface area contributed by atoms with Crippen molar-refractivity contribution in [3.05, 3.63) is 39.7 Å². The summed E-state index contributed by atoms with van der Waals surface area (Å²) in [6, 6.07) is 6.48. The number of likely N-dealkylation sites (N-methyl/N-ethyl adjacent to an activating group) is 1. The number of carbonyl (C=O) groups is 1. The Balaban J connectivity index is 1.69.